The molecule has 1 fully saturated rings. The third kappa shape index (κ3) is 5.66. The Labute approximate surface area is 260 Å². The number of anilines is 2. The number of benzene rings is 2. The Kier molecular flexibility index (Phi) is 8.11. The Balaban J connectivity index is 1.30. The van der Waals surface area contributed by atoms with Gasteiger partial charge in [0.15, 0.2) is 5.82 Å². The Morgan fingerprint density at radius 3 is 2.33 bits per heavy atom. The first-order valence-electron chi connectivity index (χ1n) is 15.3. The fraction of sp³-hybridized carbons (Fsp3) is 0.324. The molecule has 6 rings (SSSR count). The number of carbonyl (C=O) groups excluding carboxylic acids is 1. The van der Waals surface area contributed by atoms with Crippen molar-refractivity contribution in [2.75, 3.05) is 25.1 Å². The smallest absolute Gasteiger partial charge is 0.335 e. The number of nitrogens with two attached hydrogens (primary N) is 1. The monoisotopic (exact) mass is 606 g/mol. The molecule has 2 aromatic carbocycles. The van der Waals surface area contributed by atoms with Gasteiger partial charge in [-0.25, -0.2) is 18.9 Å². The van der Waals surface area contributed by atoms with E-state index < -0.39 is 17.2 Å². The summed E-state index contributed by atoms with van der Waals surface area (Å²) in [6.07, 6.45) is 7.22. The second kappa shape index (κ2) is 12.2. The van der Waals surface area contributed by atoms with E-state index in [2.05, 4.69) is 40.5 Å². The highest BCUT2D eigenvalue weighted by Gasteiger charge is 2.28. The van der Waals surface area contributed by atoms with Crippen LogP contribution in [0.15, 0.2) is 82.8 Å². The highest BCUT2D eigenvalue weighted by molar-refractivity contribution is 6.04. The summed E-state index contributed by atoms with van der Waals surface area (Å²) < 4.78 is 4.35. The van der Waals surface area contributed by atoms with Crippen LogP contribution in [0.2, 0.25) is 0 Å². The molecule has 0 unspecified atom stereocenters. The normalized spacial score (nSPS) is 16.8. The summed E-state index contributed by atoms with van der Waals surface area (Å²) in [5.74, 6) is 0.166. The molecule has 0 bridgehead atoms. The molecule has 3 N–H and O–H groups in total. The molecule has 0 saturated heterocycles. The number of amides is 1. The van der Waals surface area contributed by atoms with Crippen molar-refractivity contribution in [1.29, 1.82) is 0 Å². The van der Waals surface area contributed by atoms with Crippen LogP contribution >= 0.6 is 0 Å². The molecule has 1 aliphatic rings. The maximum absolute atomic E-state index is 13.4. The molecule has 11 nitrogen and oxygen atoms in total. The number of carbonyl (C=O) groups is 1. The summed E-state index contributed by atoms with van der Waals surface area (Å²) in [5, 5.41) is 7.41. The predicted octanol–water partition coefficient (Wildman–Crippen LogP) is 4.71. The van der Waals surface area contributed by atoms with E-state index in [9.17, 15) is 14.4 Å². The number of hydrogen-bond acceptors (Lipinski definition) is 7. The lowest BCUT2D eigenvalue weighted by molar-refractivity contribution is 0.102. The molecule has 0 atom stereocenters. The van der Waals surface area contributed by atoms with Crippen LogP contribution in [0.3, 0.4) is 0 Å². The summed E-state index contributed by atoms with van der Waals surface area (Å²) in [6.45, 7) is 3.65. The van der Waals surface area contributed by atoms with Crippen LogP contribution in [-0.2, 0) is 0 Å². The fourth-order valence-electron chi connectivity index (χ4n) is 6.33. The Bertz CT molecular complexity index is 1970. The van der Waals surface area contributed by atoms with Gasteiger partial charge in [0.2, 0.25) is 0 Å². The van der Waals surface area contributed by atoms with Crippen molar-refractivity contribution in [1.82, 2.24) is 28.6 Å². The first-order valence-corrected chi connectivity index (χ1v) is 15.3. The fourth-order valence-corrected chi connectivity index (χ4v) is 6.33. The minimum Gasteiger partial charge on any atom is -0.382 e. The van der Waals surface area contributed by atoms with Gasteiger partial charge < -0.3 is 16.0 Å². The number of hydrogen-bond donors (Lipinski definition) is 2. The summed E-state index contributed by atoms with van der Waals surface area (Å²) in [7, 11) is 4.28. The zero-order valence-corrected chi connectivity index (χ0v) is 26.0. The van der Waals surface area contributed by atoms with Gasteiger partial charge >= 0.3 is 5.69 Å². The van der Waals surface area contributed by atoms with E-state index in [1.165, 1.54) is 17.1 Å². The summed E-state index contributed by atoms with van der Waals surface area (Å²) >= 11 is 0. The Morgan fingerprint density at radius 1 is 1.00 bits per heavy atom. The molecule has 0 radical (unpaired) electrons. The molecule has 11 heteroatoms. The average molecular weight is 607 g/mol. The van der Waals surface area contributed by atoms with Crippen LogP contribution in [0.25, 0.3) is 22.3 Å². The van der Waals surface area contributed by atoms with Crippen molar-refractivity contribution in [3.05, 3.63) is 105 Å². The van der Waals surface area contributed by atoms with E-state index in [0.717, 1.165) is 52.6 Å². The molecule has 1 amide bonds. The van der Waals surface area contributed by atoms with Gasteiger partial charge in [-0.15, -0.1) is 0 Å². The van der Waals surface area contributed by atoms with Gasteiger partial charge in [0.25, 0.3) is 11.5 Å². The van der Waals surface area contributed by atoms with Crippen LogP contribution in [-0.4, -0.2) is 54.7 Å². The van der Waals surface area contributed by atoms with E-state index in [4.69, 9.17) is 5.73 Å². The lowest BCUT2D eigenvalue weighted by atomic mass is 9.83. The number of rotatable bonds is 7. The van der Waals surface area contributed by atoms with E-state index >= 15 is 0 Å². The third-order valence-corrected chi connectivity index (χ3v) is 8.84. The first-order chi connectivity index (χ1) is 21.6. The largest absolute Gasteiger partial charge is 0.382 e. The van der Waals surface area contributed by atoms with Gasteiger partial charge in [0.1, 0.15) is 17.4 Å². The highest BCUT2D eigenvalue weighted by Crippen LogP contribution is 2.39. The zero-order valence-electron chi connectivity index (χ0n) is 26.0. The lowest BCUT2D eigenvalue weighted by Crippen LogP contribution is -2.42. The van der Waals surface area contributed by atoms with Crippen LogP contribution in [0, 0.1) is 0 Å². The van der Waals surface area contributed by atoms with Gasteiger partial charge in [-0.2, -0.15) is 5.10 Å². The molecule has 0 aliphatic heterocycles. The summed E-state index contributed by atoms with van der Waals surface area (Å²) in [6, 6.07) is 18.5. The number of nitrogen functional groups attached to an aromatic ring is 1. The van der Waals surface area contributed by atoms with E-state index in [0.29, 0.717) is 29.2 Å². The topological polar surface area (TPSA) is 133 Å². The Hall–Kier alpha value is -5.03. The molecule has 1 saturated carbocycles. The lowest BCUT2D eigenvalue weighted by Gasteiger charge is -2.32. The first kappa shape index (κ1) is 30.0. The number of aromatic nitrogens is 5. The highest BCUT2D eigenvalue weighted by atomic mass is 16.2. The average Bonchev–Trinajstić information content (AvgIpc) is 3.43. The number of nitrogens with zero attached hydrogens (tertiary/aromatic N) is 6. The number of fused-ring (bicyclic) bond motifs is 1. The van der Waals surface area contributed by atoms with Crippen molar-refractivity contribution < 1.29 is 4.79 Å². The maximum atomic E-state index is 13.4. The Morgan fingerprint density at radius 2 is 1.69 bits per heavy atom. The van der Waals surface area contributed by atoms with Crippen LogP contribution < -0.4 is 22.3 Å². The van der Waals surface area contributed by atoms with Gasteiger partial charge in [-0.1, -0.05) is 30.3 Å². The number of nitrogens with one attached hydrogen (secondary N) is 1. The maximum Gasteiger partial charge on any atom is 0.335 e. The van der Waals surface area contributed by atoms with Crippen LogP contribution in [0.5, 0.6) is 0 Å². The van der Waals surface area contributed by atoms with Crippen molar-refractivity contribution in [3.8, 4) is 16.8 Å². The molecule has 232 valence electrons. The summed E-state index contributed by atoms with van der Waals surface area (Å²) in [5.41, 5.74) is 9.68. The molecular formula is C34H38N8O3. The van der Waals surface area contributed by atoms with E-state index in [1.807, 2.05) is 30.5 Å². The standard InChI is InChI=1S/C34H38N8O3/c1-21(2)40-19-28(33(44)41(34(40)45)26-8-6-5-7-9-26)32(43)38-24-14-10-22(11-15-24)27-18-29(42-30(27)31(35)36-20-37-42)23-12-16-25(17-13-23)39(3)4/h5-11,14-15,18-21,23,25H,12-13,16-17H2,1-4H3,(H,38,43)(H2,35,36,37). The van der Waals surface area contributed by atoms with E-state index in [-0.39, 0.29) is 11.6 Å². The zero-order chi connectivity index (χ0) is 31.8. The van der Waals surface area contributed by atoms with Crippen molar-refractivity contribution in [3.63, 3.8) is 0 Å². The quantitative estimate of drug-likeness (QED) is 0.274. The van der Waals surface area contributed by atoms with Crippen LogP contribution in [0.4, 0.5) is 11.5 Å². The van der Waals surface area contributed by atoms with Gasteiger partial charge in [0, 0.05) is 41.1 Å². The minimum atomic E-state index is -0.680. The molecule has 1 aliphatic carbocycles. The van der Waals surface area contributed by atoms with E-state index in [1.54, 1.807) is 42.5 Å². The number of para-hydroxylation sites is 1. The molecule has 3 aromatic heterocycles. The van der Waals surface area contributed by atoms with Crippen molar-refractivity contribution in [2.45, 2.75) is 57.5 Å². The molecule has 45 heavy (non-hydrogen) atoms. The second-order valence-corrected chi connectivity index (χ2v) is 12.2. The molecule has 5 aromatic rings. The minimum absolute atomic E-state index is 0.131. The third-order valence-electron chi connectivity index (χ3n) is 8.84. The molecular weight excluding hydrogens is 568 g/mol. The molecule has 3 heterocycles. The summed E-state index contributed by atoms with van der Waals surface area (Å²) in [4.78, 5) is 46.6. The van der Waals surface area contributed by atoms with Gasteiger partial charge in [0.05, 0.1) is 5.69 Å². The second-order valence-electron chi connectivity index (χ2n) is 12.2. The van der Waals surface area contributed by atoms with Gasteiger partial charge in [-0.05, 0) is 89.5 Å². The van der Waals surface area contributed by atoms with Crippen molar-refractivity contribution >= 4 is 22.9 Å². The predicted molar refractivity (Wildman–Crippen MR) is 176 cm³/mol. The SMILES string of the molecule is CC(C)n1cc(C(=O)Nc2ccc(-c3cc(C4CCC(N(C)C)CC4)n4ncnc(N)c34)cc2)c(=O)n(-c2ccccc2)c1=O. The van der Waals surface area contributed by atoms with Crippen molar-refractivity contribution in [2.24, 2.45) is 0 Å². The van der Waals surface area contributed by atoms with Crippen LogP contribution in [0.1, 0.15) is 67.5 Å². The van der Waals surface area contributed by atoms with Gasteiger partial charge in [-0.3, -0.25) is 14.2 Å². The molecule has 0 spiro atoms.